The predicted molar refractivity (Wildman–Crippen MR) is 81.2 cm³/mol. The highest BCUT2D eigenvalue weighted by molar-refractivity contribution is 6.34. The second-order valence-corrected chi connectivity index (χ2v) is 5.79. The standard InChI is InChI=1S/C14H18ClN5/c1-9-5-6-11-12(16-9)13(15)18-19-14(11)17-10-4-3-7-20(2)8-10/h5-6,10H,3-4,7-8H2,1-2H3,(H,17,19)/t10-/m1/s1. The minimum atomic E-state index is 0.356. The minimum absolute atomic E-state index is 0.356. The molecule has 1 aliphatic rings. The Morgan fingerprint density at radius 3 is 3.00 bits per heavy atom. The van der Waals surface area contributed by atoms with E-state index in [1.54, 1.807) is 0 Å². The fourth-order valence-corrected chi connectivity index (χ4v) is 2.87. The van der Waals surface area contributed by atoms with Gasteiger partial charge in [-0.2, -0.15) is 0 Å². The molecule has 3 rings (SSSR count). The van der Waals surface area contributed by atoms with Crippen LogP contribution in [0, 0.1) is 6.92 Å². The third kappa shape index (κ3) is 2.69. The van der Waals surface area contributed by atoms with Crippen LogP contribution in [0.25, 0.3) is 10.9 Å². The summed E-state index contributed by atoms with van der Waals surface area (Å²) < 4.78 is 0. The minimum Gasteiger partial charge on any atom is -0.364 e. The van der Waals surface area contributed by atoms with Crippen LogP contribution in [0.3, 0.4) is 0 Å². The number of hydrogen-bond acceptors (Lipinski definition) is 5. The molecule has 1 atom stereocenters. The summed E-state index contributed by atoms with van der Waals surface area (Å²) in [4.78, 5) is 6.79. The van der Waals surface area contributed by atoms with E-state index in [0.29, 0.717) is 16.7 Å². The van der Waals surface area contributed by atoms with Gasteiger partial charge in [-0.25, -0.2) is 4.98 Å². The number of likely N-dealkylation sites (tertiary alicyclic amines) is 1. The lowest BCUT2D eigenvalue weighted by Crippen LogP contribution is -2.40. The van der Waals surface area contributed by atoms with Gasteiger partial charge in [0.1, 0.15) is 5.52 Å². The molecule has 0 radical (unpaired) electrons. The summed E-state index contributed by atoms with van der Waals surface area (Å²) in [5.41, 5.74) is 1.64. The van der Waals surface area contributed by atoms with Crippen LogP contribution in [0.4, 0.5) is 5.82 Å². The van der Waals surface area contributed by atoms with Gasteiger partial charge < -0.3 is 10.2 Å². The maximum Gasteiger partial charge on any atom is 0.178 e. The Morgan fingerprint density at radius 1 is 1.35 bits per heavy atom. The number of anilines is 1. The van der Waals surface area contributed by atoms with Gasteiger partial charge in [0.25, 0.3) is 0 Å². The van der Waals surface area contributed by atoms with E-state index in [4.69, 9.17) is 11.6 Å². The van der Waals surface area contributed by atoms with Crippen molar-refractivity contribution in [3.05, 3.63) is 23.0 Å². The van der Waals surface area contributed by atoms with Gasteiger partial charge in [-0.3, -0.25) is 0 Å². The molecular formula is C14H18ClN5. The normalized spacial score (nSPS) is 20.2. The summed E-state index contributed by atoms with van der Waals surface area (Å²) in [5, 5.41) is 13.0. The van der Waals surface area contributed by atoms with Crippen LogP contribution in [-0.2, 0) is 0 Å². The SMILES string of the molecule is Cc1ccc2c(N[C@@H]3CCCN(C)C3)nnc(Cl)c2n1. The maximum atomic E-state index is 6.09. The second kappa shape index (κ2) is 5.50. The number of aromatic nitrogens is 3. The molecule has 0 bridgehead atoms. The number of fused-ring (bicyclic) bond motifs is 1. The molecular weight excluding hydrogens is 274 g/mol. The van der Waals surface area contributed by atoms with Gasteiger partial charge in [0, 0.05) is 23.7 Å². The monoisotopic (exact) mass is 291 g/mol. The number of nitrogens with zero attached hydrogens (tertiary/aromatic N) is 4. The van der Waals surface area contributed by atoms with Crippen LogP contribution in [-0.4, -0.2) is 46.3 Å². The molecule has 6 heteroatoms. The molecule has 0 aliphatic carbocycles. The van der Waals surface area contributed by atoms with Crippen molar-refractivity contribution in [1.29, 1.82) is 0 Å². The Hall–Kier alpha value is -1.46. The van der Waals surface area contributed by atoms with Crippen molar-refractivity contribution in [3.8, 4) is 0 Å². The van der Waals surface area contributed by atoms with Crippen molar-refractivity contribution in [1.82, 2.24) is 20.1 Å². The number of piperidine rings is 1. The Balaban J connectivity index is 1.93. The molecule has 0 spiro atoms. The van der Waals surface area contributed by atoms with Crippen LogP contribution in [0.15, 0.2) is 12.1 Å². The quantitative estimate of drug-likeness (QED) is 0.921. The molecule has 0 aromatic carbocycles. The Bertz CT molecular complexity index is 630. The van der Waals surface area contributed by atoms with Gasteiger partial charge in [-0.05, 0) is 45.5 Å². The summed E-state index contributed by atoms with van der Waals surface area (Å²) >= 11 is 6.09. The summed E-state index contributed by atoms with van der Waals surface area (Å²) in [6, 6.07) is 4.37. The highest BCUT2D eigenvalue weighted by atomic mass is 35.5. The van der Waals surface area contributed by atoms with Crippen LogP contribution < -0.4 is 5.32 Å². The first kappa shape index (κ1) is 13.5. The van der Waals surface area contributed by atoms with Crippen LogP contribution in [0.2, 0.25) is 5.15 Å². The topological polar surface area (TPSA) is 53.9 Å². The molecule has 0 unspecified atom stereocenters. The molecule has 1 N–H and O–H groups in total. The smallest absolute Gasteiger partial charge is 0.178 e. The average molecular weight is 292 g/mol. The van der Waals surface area contributed by atoms with Gasteiger partial charge in [0.05, 0.1) is 0 Å². The zero-order valence-electron chi connectivity index (χ0n) is 11.7. The zero-order chi connectivity index (χ0) is 14.1. The molecule has 1 saturated heterocycles. The summed E-state index contributed by atoms with van der Waals surface area (Å²) in [6.07, 6.45) is 2.35. The molecule has 2 aromatic rings. The van der Waals surface area contributed by atoms with Crippen LogP contribution in [0.5, 0.6) is 0 Å². The number of likely N-dealkylation sites (N-methyl/N-ethyl adjacent to an activating group) is 1. The Kier molecular flexibility index (Phi) is 3.72. The molecule has 3 heterocycles. The predicted octanol–water partition coefficient (Wildman–Crippen LogP) is 2.49. The summed E-state index contributed by atoms with van der Waals surface area (Å²) in [6.45, 7) is 4.12. The van der Waals surface area contributed by atoms with Gasteiger partial charge in [-0.1, -0.05) is 11.6 Å². The number of rotatable bonds is 2. The third-order valence-corrected chi connectivity index (χ3v) is 3.94. The highest BCUT2D eigenvalue weighted by Crippen LogP contribution is 2.26. The summed E-state index contributed by atoms with van der Waals surface area (Å²) in [7, 11) is 2.14. The number of hydrogen-bond donors (Lipinski definition) is 1. The van der Waals surface area contributed by atoms with Gasteiger partial charge in [0.2, 0.25) is 0 Å². The van der Waals surface area contributed by atoms with Crippen molar-refractivity contribution >= 4 is 28.3 Å². The lowest BCUT2D eigenvalue weighted by Gasteiger charge is -2.30. The van der Waals surface area contributed by atoms with Crippen molar-refractivity contribution in [2.45, 2.75) is 25.8 Å². The molecule has 106 valence electrons. The Morgan fingerprint density at radius 2 is 2.20 bits per heavy atom. The lowest BCUT2D eigenvalue weighted by molar-refractivity contribution is 0.261. The molecule has 5 nitrogen and oxygen atoms in total. The molecule has 0 amide bonds. The average Bonchev–Trinajstić information content (AvgIpc) is 2.42. The van der Waals surface area contributed by atoms with E-state index in [-0.39, 0.29) is 0 Å². The zero-order valence-corrected chi connectivity index (χ0v) is 12.5. The fraction of sp³-hybridized carbons (Fsp3) is 0.500. The van der Waals surface area contributed by atoms with E-state index in [1.807, 2.05) is 19.1 Å². The van der Waals surface area contributed by atoms with Crippen molar-refractivity contribution in [2.24, 2.45) is 0 Å². The fourth-order valence-electron chi connectivity index (χ4n) is 2.68. The van der Waals surface area contributed by atoms with Crippen molar-refractivity contribution < 1.29 is 0 Å². The van der Waals surface area contributed by atoms with E-state index in [0.717, 1.165) is 36.4 Å². The maximum absolute atomic E-state index is 6.09. The number of pyridine rings is 1. The van der Waals surface area contributed by atoms with E-state index in [2.05, 4.69) is 32.4 Å². The third-order valence-electron chi connectivity index (χ3n) is 3.69. The molecule has 1 fully saturated rings. The van der Waals surface area contributed by atoms with E-state index >= 15 is 0 Å². The van der Waals surface area contributed by atoms with Crippen LogP contribution in [0.1, 0.15) is 18.5 Å². The van der Waals surface area contributed by atoms with E-state index in [1.165, 1.54) is 6.42 Å². The Labute approximate surface area is 123 Å². The van der Waals surface area contributed by atoms with Crippen molar-refractivity contribution in [3.63, 3.8) is 0 Å². The van der Waals surface area contributed by atoms with Crippen LogP contribution >= 0.6 is 11.6 Å². The first-order chi connectivity index (χ1) is 9.63. The molecule has 0 saturated carbocycles. The second-order valence-electron chi connectivity index (χ2n) is 5.43. The number of halogens is 1. The largest absolute Gasteiger partial charge is 0.364 e. The van der Waals surface area contributed by atoms with Crippen molar-refractivity contribution in [2.75, 3.05) is 25.5 Å². The molecule has 1 aliphatic heterocycles. The van der Waals surface area contributed by atoms with Gasteiger partial charge >= 0.3 is 0 Å². The van der Waals surface area contributed by atoms with Gasteiger partial charge in [0.15, 0.2) is 11.0 Å². The van der Waals surface area contributed by atoms with E-state index < -0.39 is 0 Å². The first-order valence-electron chi connectivity index (χ1n) is 6.88. The molecule has 2 aromatic heterocycles. The lowest BCUT2D eigenvalue weighted by atomic mass is 10.1. The number of nitrogens with one attached hydrogen (secondary N) is 1. The number of aryl methyl sites for hydroxylation is 1. The molecule has 20 heavy (non-hydrogen) atoms. The summed E-state index contributed by atoms with van der Waals surface area (Å²) in [5.74, 6) is 0.775. The highest BCUT2D eigenvalue weighted by Gasteiger charge is 2.19. The van der Waals surface area contributed by atoms with E-state index in [9.17, 15) is 0 Å². The first-order valence-corrected chi connectivity index (χ1v) is 7.26. The van der Waals surface area contributed by atoms with Gasteiger partial charge in [-0.15, -0.1) is 10.2 Å².